The summed E-state index contributed by atoms with van der Waals surface area (Å²) in [5, 5.41) is 3.68. The molecule has 1 N–H and O–H groups in total. The third kappa shape index (κ3) is 5.53. The van der Waals surface area contributed by atoms with Gasteiger partial charge in [0.2, 0.25) is 0 Å². The van der Waals surface area contributed by atoms with Gasteiger partial charge in [-0.25, -0.2) is 8.42 Å². The van der Waals surface area contributed by atoms with Gasteiger partial charge in [0.05, 0.1) is 11.5 Å². The molecule has 124 valence electrons. The second kappa shape index (κ2) is 6.55. The molecule has 2 rings (SSSR count). The van der Waals surface area contributed by atoms with E-state index in [0.29, 0.717) is 16.9 Å². The molecule has 21 heavy (non-hydrogen) atoms. The maximum absolute atomic E-state index is 11.8. The van der Waals surface area contributed by atoms with Crippen molar-refractivity contribution >= 4 is 9.84 Å². The van der Waals surface area contributed by atoms with Crippen molar-refractivity contribution in [2.75, 3.05) is 37.7 Å². The summed E-state index contributed by atoms with van der Waals surface area (Å²) in [5.41, 5.74) is 0.499. The Morgan fingerprint density at radius 2 is 1.71 bits per heavy atom. The maximum Gasteiger partial charge on any atom is 0.151 e. The SMILES string of the molecule is CC(C)(C)NCC1(CN2CCCS(=O)(=O)CC2)CCCC1. The first kappa shape index (κ1) is 17.2. The van der Waals surface area contributed by atoms with Crippen LogP contribution in [-0.4, -0.2) is 56.5 Å². The summed E-state index contributed by atoms with van der Waals surface area (Å²) in [6, 6.07) is 0. The van der Waals surface area contributed by atoms with Crippen LogP contribution in [0.4, 0.5) is 0 Å². The molecule has 4 nitrogen and oxygen atoms in total. The van der Waals surface area contributed by atoms with Crippen molar-refractivity contribution in [3.05, 3.63) is 0 Å². The van der Waals surface area contributed by atoms with Gasteiger partial charge in [-0.05, 0) is 52.0 Å². The minimum atomic E-state index is -2.80. The third-order valence-electron chi connectivity index (χ3n) is 4.87. The van der Waals surface area contributed by atoms with E-state index in [1.54, 1.807) is 0 Å². The van der Waals surface area contributed by atoms with Crippen LogP contribution in [0.15, 0.2) is 0 Å². The van der Waals surface area contributed by atoms with E-state index in [4.69, 9.17) is 0 Å². The van der Waals surface area contributed by atoms with Gasteiger partial charge in [0.15, 0.2) is 9.84 Å². The molecule has 1 saturated heterocycles. The summed E-state index contributed by atoms with van der Waals surface area (Å²) in [4.78, 5) is 2.40. The molecule has 0 atom stereocenters. The third-order valence-corrected chi connectivity index (χ3v) is 6.58. The largest absolute Gasteiger partial charge is 0.311 e. The van der Waals surface area contributed by atoms with E-state index in [2.05, 4.69) is 31.0 Å². The molecule has 1 aliphatic carbocycles. The molecule has 0 unspecified atom stereocenters. The molecule has 2 aliphatic rings. The fourth-order valence-electron chi connectivity index (χ4n) is 3.59. The number of rotatable bonds is 4. The molecule has 1 saturated carbocycles. The number of hydrogen-bond acceptors (Lipinski definition) is 4. The standard InChI is InChI=1S/C16H32N2O2S/c1-15(2,3)17-13-16(7-4-5-8-16)14-18-9-6-11-21(19,20)12-10-18/h17H,4-14H2,1-3H3. The van der Waals surface area contributed by atoms with Gasteiger partial charge < -0.3 is 10.2 Å². The van der Waals surface area contributed by atoms with Crippen LogP contribution in [0.5, 0.6) is 0 Å². The summed E-state index contributed by atoms with van der Waals surface area (Å²) in [6.45, 7) is 10.4. The molecule has 5 heteroatoms. The zero-order valence-corrected chi connectivity index (χ0v) is 14.8. The molecule has 2 fully saturated rings. The smallest absolute Gasteiger partial charge is 0.151 e. The van der Waals surface area contributed by atoms with Crippen LogP contribution >= 0.6 is 0 Å². The van der Waals surface area contributed by atoms with Gasteiger partial charge in [-0.15, -0.1) is 0 Å². The van der Waals surface area contributed by atoms with Gasteiger partial charge in [-0.2, -0.15) is 0 Å². The van der Waals surface area contributed by atoms with Crippen LogP contribution in [0, 0.1) is 5.41 Å². The van der Waals surface area contributed by atoms with Crippen LogP contribution < -0.4 is 5.32 Å². The Bertz CT molecular complexity index is 434. The first-order valence-electron chi connectivity index (χ1n) is 8.38. The van der Waals surface area contributed by atoms with Crippen LogP contribution in [0.1, 0.15) is 52.9 Å². The van der Waals surface area contributed by atoms with E-state index in [-0.39, 0.29) is 5.54 Å². The average Bonchev–Trinajstić information content (AvgIpc) is 2.75. The molecular formula is C16H32N2O2S. The molecule has 0 bridgehead atoms. The van der Waals surface area contributed by atoms with Crippen molar-refractivity contribution in [2.24, 2.45) is 5.41 Å². The Hall–Kier alpha value is -0.130. The highest BCUT2D eigenvalue weighted by Crippen LogP contribution is 2.39. The molecule has 0 amide bonds. The second-order valence-electron chi connectivity index (χ2n) is 8.09. The molecule has 0 spiro atoms. The Morgan fingerprint density at radius 3 is 2.33 bits per heavy atom. The van der Waals surface area contributed by atoms with Crippen LogP contribution in [0.3, 0.4) is 0 Å². The summed E-state index contributed by atoms with van der Waals surface area (Å²) in [7, 11) is -2.80. The maximum atomic E-state index is 11.8. The second-order valence-corrected chi connectivity index (χ2v) is 10.4. The van der Waals surface area contributed by atoms with Gasteiger partial charge >= 0.3 is 0 Å². The lowest BCUT2D eigenvalue weighted by Crippen LogP contribution is -2.48. The molecule has 0 radical (unpaired) electrons. The lowest BCUT2D eigenvalue weighted by Gasteiger charge is -2.37. The first-order valence-corrected chi connectivity index (χ1v) is 10.2. The van der Waals surface area contributed by atoms with E-state index in [0.717, 1.165) is 32.6 Å². The van der Waals surface area contributed by atoms with Gasteiger partial charge in [-0.1, -0.05) is 12.8 Å². The quantitative estimate of drug-likeness (QED) is 0.862. The summed E-state index contributed by atoms with van der Waals surface area (Å²) in [6.07, 6.45) is 5.99. The van der Waals surface area contributed by atoms with E-state index < -0.39 is 9.84 Å². The predicted molar refractivity (Wildman–Crippen MR) is 88.4 cm³/mol. The van der Waals surface area contributed by atoms with Gasteiger partial charge in [0.1, 0.15) is 0 Å². The first-order chi connectivity index (χ1) is 9.70. The van der Waals surface area contributed by atoms with Gasteiger partial charge in [-0.3, -0.25) is 0 Å². The molecule has 1 heterocycles. The van der Waals surface area contributed by atoms with Crippen molar-refractivity contribution in [1.29, 1.82) is 0 Å². The summed E-state index contributed by atoms with van der Waals surface area (Å²) >= 11 is 0. The van der Waals surface area contributed by atoms with Crippen molar-refractivity contribution in [1.82, 2.24) is 10.2 Å². The van der Waals surface area contributed by atoms with Crippen molar-refractivity contribution in [3.8, 4) is 0 Å². The topological polar surface area (TPSA) is 49.4 Å². The van der Waals surface area contributed by atoms with E-state index in [9.17, 15) is 8.42 Å². The van der Waals surface area contributed by atoms with Crippen LogP contribution in [0.2, 0.25) is 0 Å². The molecule has 0 aromatic heterocycles. The normalized spacial score (nSPS) is 26.6. The van der Waals surface area contributed by atoms with E-state index in [1.165, 1.54) is 25.7 Å². The summed E-state index contributed by atoms with van der Waals surface area (Å²) < 4.78 is 23.5. The highest BCUT2D eigenvalue weighted by molar-refractivity contribution is 7.91. The lowest BCUT2D eigenvalue weighted by atomic mass is 9.84. The number of nitrogens with zero attached hydrogens (tertiary/aromatic N) is 1. The highest BCUT2D eigenvalue weighted by Gasteiger charge is 2.36. The molecule has 0 aromatic rings. The number of sulfone groups is 1. The lowest BCUT2D eigenvalue weighted by molar-refractivity contribution is 0.146. The van der Waals surface area contributed by atoms with Crippen molar-refractivity contribution in [3.63, 3.8) is 0 Å². The van der Waals surface area contributed by atoms with Crippen LogP contribution in [-0.2, 0) is 9.84 Å². The van der Waals surface area contributed by atoms with E-state index in [1.807, 2.05) is 0 Å². The summed E-state index contributed by atoms with van der Waals surface area (Å²) in [5.74, 6) is 0.715. The molecular weight excluding hydrogens is 284 g/mol. The van der Waals surface area contributed by atoms with Crippen molar-refractivity contribution < 1.29 is 8.42 Å². The minimum absolute atomic E-state index is 0.151. The van der Waals surface area contributed by atoms with E-state index >= 15 is 0 Å². The fraction of sp³-hybridized carbons (Fsp3) is 1.00. The van der Waals surface area contributed by atoms with Gasteiger partial charge in [0, 0.05) is 25.2 Å². The monoisotopic (exact) mass is 316 g/mol. The average molecular weight is 317 g/mol. The molecule has 0 aromatic carbocycles. The number of nitrogens with one attached hydrogen (secondary N) is 1. The Labute approximate surface area is 130 Å². The Morgan fingerprint density at radius 1 is 1.05 bits per heavy atom. The Kier molecular flexibility index (Phi) is 5.37. The minimum Gasteiger partial charge on any atom is -0.311 e. The zero-order valence-electron chi connectivity index (χ0n) is 14.0. The number of hydrogen-bond donors (Lipinski definition) is 1. The van der Waals surface area contributed by atoms with Gasteiger partial charge in [0.25, 0.3) is 0 Å². The van der Waals surface area contributed by atoms with Crippen LogP contribution in [0.25, 0.3) is 0 Å². The highest BCUT2D eigenvalue weighted by atomic mass is 32.2. The van der Waals surface area contributed by atoms with Crippen molar-refractivity contribution in [2.45, 2.75) is 58.4 Å². The Balaban J connectivity index is 1.96. The molecule has 1 aliphatic heterocycles. The predicted octanol–water partition coefficient (Wildman–Crippen LogP) is 2.06. The zero-order chi connectivity index (χ0) is 15.6. The fourth-order valence-corrected chi connectivity index (χ4v) is 4.90.